The zero-order valence-electron chi connectivity index (χ0n) is 20.0. The fraction of sp³-hybridized carbons (Fsp3) is 0.385. The summed E-state index contributed by atoms with van der Waals surface area (Å²) in [5.74, 6) is -0.116. The van der Waals surface area contributed by atoms with Crippen molar-refractivity contribution in [1.82, 2.24) is 19.0 Å². The van der Waals surface area contributed by atoms with E-state index in [4.69, 9.17) is 0 Å². The molecule has 1 amide bonds. The second kappa shape index (κ2) is 10.1. The van der Waals surface area contributed by atoms with E-state index in [0.29, 0.717) is 43.9 Å². The number of amides is 1. The van der Waals surface area contributed by atoms with Gasteiger partial charge in [-0.3, -0.25) is 9.48 Å². The first-order valence-electron chi connectivity index (χ1n) is 11.6. The van der Waals surface area contributed by atoms with Crippen molar-refractivity contribution >= 4 is 15.9 Å². The van der Waals surface area contributed by atoms with Crippen LogP contribution >= 0.6 is 0 Å². The second-order valence-corrected chi connectivity index (χ2v) is 11.1. The summed E-state index contributed by atoms with van der Waals surface area (Å²) in [5, 5.41) is 4.42. The van der Waals surface area contributed by atoms with Gasteiger partial charge in [0.2, 0.25) is 15.9 Å². The van der Waals surface area contributed by atoms with Crippen LogP contribution in [-0.2, 0) is 27.9 Å². The lowest BCUT2D eigenvalue weighted by Gasteiger charge is -2.32. The first kappa shape index (κ1) is 24.2. The molecule has 1 saturated heterocycles. The van der Waals surface area contributed by atoms with E-state index >= 15 is 0 Å². The molecule has 2 aromatic carbocycles. The van der Waals surface area contributed by atoms with Gasteiger partial charge in [-0.2, -0.15) is 9.40 Å². The van der Waals surface area contributed by atoms with E-state index in [2.05, 4.69) is 17.2 Å². The highest BCUT2D eigenvalue weighted by Crippen LogP contribution is 2.27. The summed E-state index contributed by atoms with van der Waals surface area (Å²) in [6.07, 6.45) is 4.82. The summed E-state index contributed by atoms with van der Waals surface area (Å²) in [4.78, 5) is 15.1. The highest BCUT2D eigenvalue weighted by atomic mass is 32.2. The number of carbonyl (C=O) groups is 1. The van der Waals surface area contributed by atoms with Gasteiger partial charge >= 0.3 is 0 Å². The molecule has 0 spiro atoms. The Morgan fingerprint density at radius 1 is 1.06 bits per heavy atom. The van der Waals surface area contributed by atoms with Gasteiger partial charge < -0.3 is 4.90 Å². The van der Waals surface area contributed by atoms with Crippen LogP contribution in [0.4, 0.5) is 0 Å². The van der Waals surface area contributed by atoms with Crippen molar-refractivity contribution in [2.75, 3.05) is 20.1 Å². The summed E-state index contributed by atoms with van der Waals surface area (Å²) in [6.45, 7) is 5.66. The molecule has 4 rings (SSSR count). The molecule has 7 nitrogen and oxygen atoms in total. The SMILES string of the molecule is Cc1ccc(S(=O)(=O)N2CCC(C(=O)N(C)Cc3cnn(Cc4ccccc4)c3)CC2)c(C)c1. The number of hydrogen-bond donors (Lipinski definition) is 0. The first-order chi connectivity index (χ1) is 16.2. The number of benzene rings is 2. The number of piperidine rings is 1. The molecule has 1 aliphatic heterocycles. The summed E-state index contributed by atoms with van der Waals surface area (Å²) in [7, 11) is -1.75. The Balaban J connectivity index is 1.32. The van der Waals surface area contributed by atoms with E-state index in [-0.39, 0.29) is 11.8 Å². The lowest BCUT2D eigenvalue weighted by atomic mass is 9.96. The molecule has 34 heavy (non-hydrogen) atoms. The summed E-state index contributed by atoms with van der Waals surface area (Å²) in [6, 6.07) is 15.5. The van der Waals surface area contributed by atoms with Crippen LogP contribution in [0.3, 0.4) is 0 Å². The van der Waals surface area contributed by atoms with Crippen molar-refractivity contribution in [2.24, 2.45) is 5.92 Å². The third-order valence-electron chi connectivity index (χ3n) is 6.42. The Kier molecular flexibility index (Phi) is 7.19. The van der Waals surface area contributed by atoms with Crippen LogP contribution in [0.5, 0.6) is 0 Å². The third kappa shape index (κ3) is 5.39. The van der Waals surface area contributed by atoms with Gasteiger partial charge in [-0.05, 0) is 43.9 Å². The molecule has 0 atom stereocenters. The van der Waals surface area contributed by atoms with Crippen LogP contribution in [0.1, 0.15) is 35.1 Å². The van der Waals surface area contributed by atoms with E-state index in [9.17, 15) is 13.2 Å². The Labute approximate surface area is 202 Å². The van der Waals surface area contributed by atoms with Crippen LogP contribution in [0.15, 0.2) is 65.8 Å². The van der Waals surface area contributed by atoms with Crippen LogP contribution in [-0.4, -0.2) is 53.4 Å². The quantitative estimate of drug-likeness (QED) is 0.518. The fourth-order valence-corrected chi connectivity index (χ4v) is 6.25. The topological polar surface area (TPSA) is 75.5 Å². The number of hydrogen-bond acceptors (Lipinski definition) is 4. The predicted molar refractivity (Wildman–Crippen MR) is 132 cm³/mol. The van der Waals surface area contributed by atoms with Gasteiger partial charge in [0, 0.05) is 44.4 Å². The maximum absolute atomic E-state index is 13.1. The maximum atomic E-state index is 13.1. The minimum atomic E-state index is -3.55. The van der Waals surface area contributed by atoms with Crippen molar-refractivity contribution in [1.29, 1.82) is 0 Å². The van der Waals surface area contributed by atoms with Crippen LogP contribution in [0.2, 0.25) is 0 Å². The van der Waals surface area contributed by atoms with Crippen LogP contribution < -0.4 is 0 Å². The number of nitrogens with zero attached hydrogens (tertiary/aromatic N) is 4. The predicted octanol–water partition coefficient (Wildman–Crippen LogP) is 3.61. The van der Waals surface area contributed by atoms with Gasteiger partial charge in [0.1, 0.15) is 0 Å². The Bertz CT molecular complexity index is 1250. The molecule has 0 saturated carbocycles. The van der Waals surface area contributed by atoms with E-state index in [1.807, 2.05) is 55.1 Å². The Morgan fingerprint density at radius 3 is 2.44 bits per heavy atom. The molecule has 0 aliphatic carbocycles. The van der Waals surface area contributed by atoms with Crippen LogP contribution in [0.25, 0.3) is 0 Å². The van der Waals surface area contributed by atoms with E-state index in [1.54, 1.807) is 24.2 Å². The molecule has 180 valence electrons. The van der Waals surface area contributed by atoms with Crippen molar-refractivity contribution in [3.63, 3.8) is 0 Å². The number of aromatic nitrogens is 2. The Hall–Kier alpha value is -2.97. The minimum Gasteiger partial charge on any atom is -0.341 e. The lowest BCUT2D eigenvalue weighted by molar-refractivity contribution is -0.135. The summed E-state index contributed by atoms with van der Waals surface area (Å²) >= 11 is 0. The van der Waals surface area contributed by atoms with Gasteiger partial charge in [0.25, 0.3) is 0 Å². The zero-order chi connectivity index (χ0) is 24.3. The average Bonchev–Trinajstić information content (AvgIpc) is 3.25. The summed E-state index contributed by atoms with van der Waals surface area (Å²) in [5.41, 5.74) is 3.94. The number of aryl methyl sites for hydroxylation is 2. The van der Waals surface area contributed by atoms with Gasteiger partial charge in [0.15, 0.2) is 0 Å². The van der Waals surface area contributed by atoms with Crippen molar-refractivity contribution in [3.05, 3.63) is 83.2 Å². The molecule has 3 aromatic rings. The molecule has 0 radical (unpaired) electrons. The Morgan fingerprint density at radius 2 is 1.76 bits per heavy atom. The van der Waals surface area contributed by atoms with Crippen molar-refractivity contribution in [3.8, 4) is 0 Å². The van der Waals surface area contributed by atoms with Crippen LogP contribution in [0, 0.1) is 19.8 Å². The molecule has 1 fully saturated rings. The maximum Gasteiger partial charge on any atom is 0.243 e. The van der Waals surface area contributed by atoms with Crippen molar-refractivity contribution in [2.45, 2.75) is 44.7 Å². The van der Waals surface area contributed by atoms with Crippen molar-refractivity contribution < 1.29 is 13.2 Å². The lowest BCUT2D eigenvalue weighted by Crippen LogP contribution is -2.43. The highest BCUT2D eigenvalue weighted by molar-refractivity contribution is 7.89. The molecule has 0 unspecified atom stereocenters. The minimum absolute atomic E-state index is 0.0550. The van der Waals surface area contributed by atoms with Gasteiger partial charge in [-0.1, -0.05) is 48.0 Å². The third-order valence-corrected chi connectivity index (χ3v) is 8.48. The summed E-state index contributed by atoms with van der Waals surface area (Å²) < 4.78 is 29.6. The van der Waals surface area contributed by atoms with Gasteiger partial charge in [-0.15, -0.1) is 0 Å². The van der Waals surface area contributed by atoms with E-state index in [1.165, 1.54) is 9.87 Å². The zero-order valence-corrected chi connectivity index (χ0v) is 20.8. The molecule has 1 aromatic heterocycles. The monoisotopic (exact) mass is 480 g/mol. The van der Waals surface area contributed by atoms with E-state index in [0.717, 1.165) is 16.7 Å². The average molecular weight is 481 g/mol. The van der Waals surface area contributed by atoms with Gasteiger partial charge in [0.05, 0.1) is 17.6 Å². The standard InChI is InChI=1S/C26H32N4O3S/c1-20-9-10-25(21(2)15-20)34(32,33)30-13-11-24(12-14-30)26(31)28(3)17-23-16-27-29(19-23)18-22-7-5-4-6-8-22/h4-10,15-16,19,24H,11-14,17-18H2,1-3H3. The van der Waals surface area contributed by atoms with E-state index < -0.39 is 10.0 Å². The largest absolute Gasteiger partial charge is 0.341 e. The fourth-order valence-electron chi connectivity index (χ4n) is 4.58. The molecule has 1 aliphatic rings. The smallest absolute Gasteiger partial charge is 0.243 e. The highest BCUT2D eigenvalue weighted by Gasteiger charge is 2.33. The molecule has 2 heterocycles. The number of carbonyl (C=O) groups excluding carboxylic acids is 1. The number of rotatable bonds is 7. The van der Waals surface area contributed by atoms with Gasteiger partial charge in [-0.25, -0.2) is 8.42 Å². The first-order valence-corrected chi connectivity index (χ1v) is 13.1. The molecule has 0 N–H and O–H groups in total. The molecule has 8 heteroatoms. The number of sulfonamides is 1. The molecular weight excluding hydrogens is 448 g/mol. The normalized spacial score (nSPS) is 15.4. The molecule has 0 bridgehead atoms. The molecular formula is C26H32N4O3S. The second-order valence-electron chi connectivity index (χ2n) is 9.17.